The highest BCUT2D eigenvalue weighted by Gasteiger charge is 2.60. The number of furan rings is 1. The Kier molecular flexibility index (Phi) is 6.27. The van der Waals surface area contributed by atoms with E-state index in [1.54, 1.807) is 6.26 Å². The van der Waals surface area contributed by atoms with E-state index in [0.717, 1.165) is 37.4 Å². The number of fused-ring (bicyclic) bond motifs is 1. The van der Waals surface area contributed by atoms with Crippen LogP contribution in [-0.2, 0) is 4.79 Å². The van der Waals surface area contributed by atoms with Gasteiger partial charge < -0.3 is 23.9 Å². The molecule has 1 saturated heterocycles. The van der Waals surface area contributed by atoms with Gasteiger partial charge in [0, 0.05) is 30.3 Å². The van der Waals surface area contributed by atoms with Gasteiger partial charge in [-0.3, -0.25) is 14.5 Å². The van der Waals surface area contributed by atoms with Crippen molar-refractivity contribution in [1.29, 1.82) is 0 Å². The van der Waals surface area contributed by atoms with Gasteiger partial charge in [0.15, 0.2) is 5.75 Å². The number of nitrogens with zero attached hydrogens (tertiary/aromatic N) is 1. The monoisotopic (exact) mass is 500 g/mol. The lowest BCUT2D eigenvalue weighted by atomic mass is 9.74. The molecule has 8 nitrogen and oxygen atoms in total. The number of ketones is 2. The molecule has 35 heavy (non-hydrogen) atoms. The number of halogens is 1. The van der Waals surface area contributed by atoms with E-state index < -0.39 is 23.1 Å². The minimum atomic E-state index is -1.67. The smallest absolute Gasteiger partial charge is 0.236 e. The summed E-state index contributed by atoms with van der Waals surface area (Å²) in [6, 6.07) is 5.48. The average Bonchev–Trinajstić information content (AvgIpc) is 3.61. The summed E-state index contributed by atoms with van der Waals surface area (Å²) < 4.78 is 22.5. The SMILES string of the molecule is COc1cc(OC)c2c(c1Cl)OC1(C(=O)C=C(NCC(c3ccco3)N3CCCC3)CC1C)C2=O. The van der Waals surface area contributed by atoms with Crippen LogP contribution in [0.1, 0.15) is 48.3 Å². The third kappa shape index (κ3) is 3.79. The molecule has 1 fully saturated rings. The van der Waals surface area contributed by atoms with Gasteiger partial charge in [-0.1, -0.05) is 18.5 Å². The van der Waals surface area contributed by atoms with Crippen LogP contribution >= 0.6 is 11.6 Å². The molecule has 3 unspecified atom stereocenters. The number of carbonyl (C=O) groups excluding carboxylic acids is 2. The topological polar surface area (TPSA) is 90.2 Å². The van der Waals surface area contributed by atoms with Gasteiger partial charge in [-0.15, -0.1) is 0 Å². The normalized spacial score (nSPS) is 24.8. The molecule has 1 N–H and O–H groups in total. The largest absolute Gasteiger partial charge is 0.496 e. The lowest BCUT2D eigenvalue weighted by molar-refractivity contribution is -0.129. The highest BCUT2D eigenvalue weighted by Crippen LogP contribution is 2.52. The highest BCUT2D eigenvalue weighted by atomic mass is 35.5. The number of ether oxygens (including phenoxy) is 3. The second-order valence-corrected chi connectivity index (χ2v) is 9.64. The van der Waals surface area contributed by atoms with Gasteiger partial charge in [0.05, 0.1) is 26.5 Å². The molecule has 2 aliphatic heterocycles. The number of allylic oxidation sites excluding steroid dienone is 1. The van der Waals surface area contributed by atoms with Crippen LogP contribution in [0.4, 0.5) is 0 Å². The molecule has 1 aliphatic carbocycles. The Balaban J connectivity index is 1.40. The molecule has 3 heterocycles. The van der Waals surface area contributed by atoms with Crippen molar-refractivity contribution in [3.05, 3.63) is 52.6 Å². The first-order valence-corrected chi connectivity index (χ1v) is 12.2. The summed E-state index contributed by atoms with van der Waals surface area (Å²) in [5, 5.41) is 3.59. The maximum absolute atomic E-state index is 13.6. The molecule has 5 rings (SSSR count). The van der Waals surface area contributed by atoms with Crippen LogP contribution in [0.2, 0.25) is 5.02 Å². The van der Waals surface area contributed by atoms with E-state index in [9.17, 15) is 9.59 Å². The van der Waals surface area contributed by atoms with Gasteiger partial charge in [-0.2, -0.15) is 0 Å². The van der Waals surface area contributed by atoms with Crippen molar-refractivity contribution >= 4 is 23.2 Å². The minimum absolute atomic E-state index is 0.0684. The van der Waals surface area contributed by atoms with Crippen molar-refractivity contribution in [2.24, 2.45) is 5.92 Å². The average molecular weight is 501 g/mol. The lowest BCUT2D eigenvalue weighted by Gasteiger charge is -2.36. The van der Waals surface area contributed by atoms with Gasteiger partial charge in [-0.05, 0) is 44.5 Å². The fourth-order valence-electron chi connectivity index (χ4n) is 5.42. The molecule has 1 aromatic carbocycles. The number of carbonyl (C=O) groups is 2. The minimum Gasteiger partial charge on any atom is -0.496 e. The Bertz CT molecular complexity index is 1170. The Morgan fingerprint density at radius 2 is 1.97 bits per heavy atom. The van der Waals surface area contributed by atoms with Crippen LogP contribution in [0.5, 0.6) is 17.2 Å². The highest BCUT2D eigenvalue weighted by molar-refractivity contribution is 6.36. The van der Waals surface area contributed by atoms with Gasteiger partial charge >= 0.3 is 0 Å². The molecule has 3 atom stereocenters. The number of methoxy groups -OCH3 is 2. The lowest BCUT2D eigenvalue weighted by Crippen LogP contribution is -2.55. The second-order valence-electron chi connectivity index (χ2n) is 9.26. The molecule has 0 saturated carbocycles. The molecular weight excluding hydrogens is 472 g/mol. The van der Waals surface area contributed by atoms with Crippen molar-refractivity contribution < 1.29 is 28.2 Å². The Labute approximate surface area is 209 Å². The van der Waals surface area contributed by atoms with Gasteiger partial charge in [0.2, 0.25) is 17.2 Å². The van der Waals surface area contributed by atoms with Crippen LogP contribution < -0.4 is 19.5 Å². The summed E-state index contributed by atoms with van der Waals surface area (Å²) in [6.45, 7) is 4.46. The van der Waals surface area contributed by atoms with Gasteiger partial charge in [0.25, 0.3) is 0 Å². The number of rotatable bonds is 7. The molecule has 3 aliphatic rings. The summed E-state index contributed by atoms with van der Waals surface area (Å²) in [5.74, 6) is 0.328. The summed E-state index contributed by atoms with van der Waals surface area (Å²) in [5.41, 5.74) is -0.728. The first-order chi connectivity index (χ1) is 16.9. The van der Waals surface area contributed by atoms with Crippen molar-refractivity contribution in [1.82, 2.24) is 10.2 Å². The standard InChI is InChI=1S/C26H29ClN2O6/c1-15-11-16(28-14-17(18-7-6-10-34-18)29-8-4-5-9-29)12-21(30)26(15)25(31)22-19(32-2)13-20(33-3)23(27)24(22)35-26/h6-7,10,12-13,15,17,28H,4-5,8-9,11,14H2,1-3H3. The van der Waals surface area contributed by atoms with E-state index in [2.05, 4.69) is 10.2 Å². The number of nitrogens with one attached hydrogen (secondary N) is 1. The molecule has 1 aromatic heterocycles. The fraction of sp³-hybridized carbons (Fsp3) is 0.462. The van der Waals surface area contributed by atoms with Crippen LogP contribution in [0.15, 0.2) is 40.7 Å². The van der Waals surface area contributed by atoms with E-state index in [0.29, 0.717) is 18.7 Å². The second kappa shape index (κ2) is 9.24. The van der Waals surface area contributed by atoms with Crippen molar-refractivity contribution in [2.75, 3.05) is 33.9 Å². The number of Topliss-reactive ketones (excluding diaryl/α,β-unsaturated/α-hetero) is 1. The van der Waals surface area contributed by atoms with E-state index >= 15 is 0 Å². The van der Waals surface area contributed by atoms with Crippen LogP contribution in [0, 0.1) is 5.92 Å². The molecular formula is C26H29ClN2O6. The summed E-state index contributed by atoms with van der Waals surface area (Å²) in [7, 11) is 2.91. The Hall–Kier alpha value is -2.97. The van der Waals surface area contributed by atoms with E-state index in [-0.39, 0.29) is 28.1 Å². The Morgan fingerprint density at radius 1 is 1.23 bits per heavy atom. The third-order valence-electron chi connectivity index (χ3n) is 7.29. The summed E-state index contributed by atoms with van der Waals surface area (Å²) >= 11 is 6.46. The fourth-order valence-corrected chi connectivity index (χ4v) is 5.69. The molecule has 186 valence electrons. The molecule has 0 radical (unpaired) electrons. The number of hydrogen-bond acceptors (Lipinski definition) is 8. The predicted octanol–water partition coefficient (Wildman–Crippen LogP) is 4.18. The van der Waals surface area contributed by atoms with Crippen LogP contribution in [-0.4, -0.2) is 55.9 Å². The van der Waals surface area contributed by atoms with E-state index in [1.807, 2.05) is 19.1 Å². The molecule has 1 spiro atoms. The summed E-state index contributed by atoms with van der Waals surface area (Å²) in [4.78, 5) is 29.5. The number of hydrogen-bond donors (Lipinski definition) is 1. The predicted molar refractivity (Wildman–Crippen MR) is 129 cm³/mol. The number of likely N-dealkylation sites (tertiary alicyclic amines) is 1. The third-order valence-corrected chi connectivity index (χ3v) is 7.64. The van der Waals surface area contributed by atoms with Gasteiger partial charge in [0.1, 0.15) is 27.8 Å². The van der Waals surface area contributed by atoms with Crippen molar-refractivity contribution in [2.45, 2.75) is 37.8 Å². The molecule has 2 aromatic rings. The zero-order chi connectivity index (χ0) is 24.7. The van der Waals surface area contributed by atoms with Gasteiger partial charge in [-0.25, -0.2) is 0 Å². The van der Waals surface area contributed by atoms with Crippen molar-refractivity contribution in [3.8, 4) is 17.2 Å². The first kappa shape index (κ1) is 23.8. The maximum atomic E-state index is 13.6. The number of benzene rings is 1. The zero-order valence-electron chi connectivity index (χ0n) is 20.1. The van der Waals surface area contributed by atoms with E-state index in [4.69, 9.17) is 30.2 Å². The molecule has 9 heteroatoms. The maximum Gasteiger partial charge on any atom is 0.236 e. The zero-order valence-corrected chi connectivity index (χ0v) is 20.8. The first-order valence-electron chi connectivity index (χ1n) is 11.8. The van der Waals surface area contributed by atoms with Crippen molar-refractivity contribution in [3.63, 3.8) is 0 Å². The van der Waals surface area contributed by atoms with E-state index in [1.165, 1.54) is 26.4 Å². The molecule has 0 amide bonds. The summed E-state index contributed by atoms with van der Waals surface area (Å²) in [6.07, 6.45) is 5.96. The molecule has 0 bridgehead atoms. The van der Waals surface area contributed by atoms with Crippen LogP contribution in [0.25, 0.3) is 0 Å². The quantitative estimate of drug-likeness (QED) is 0.566. The van der Waals surface area contributed by atoms with Crippen LogP contribution in [0.3, 0.4) is 0 Å². The Morgan fingerprint density at radius 3 is 2.60 bits per heavy atom.